The summed E-state index contributed by atoms with van der Waals surface area (Å²) in [4.78, 5) is 12.8. The van der Waals surface area contributed by atoms with E-state index in [-0.39, 0.29) is 18.0 Å². The third kappa shape index (κ3) is 6.07. The predicted molar refractivity (Wildman–Crippen MR) is 122 cm³/mol. The molecule has 0 radical (unpaired) electrons. The molecular weight excluding hydrogens is 436 g/mol. The Morgan fingerprint density at radius 2 is 1.71 bits per heavy atom. The number of carbonyl (C=O) groups excluding carboxylic acids is 1. The highest BCUT2D eigenvalue weighted by Gasteiger charge is 2.27. The summed E-state index contributed by atoms with van der Waals surface area (Å²) in [7, 11) is -2.38. The molecule has 0 heterocycles. The van der Waals surface area contributed by atoms with Gasteiger partial charge in [0, 0.05) is 17.3 Å². The Kier molecular flexibility index (Phi) is 7.33. The van der Waals surface area contributed by atoms with Gasteiger partial charge in [-0.2, -0.15) is 4.31 Å². The van der Waals surface area contributed by atoms with E-state index < -0.39 is 15.9 Å². The molecule has 0 aliphatic carbocycles. The molecule has 3 aromatic carbocycles. The fraction of sp³-hybridized carbons (Fsp3) is 0.174. The van der Waals surface area contributed by atoms with Crippen LogP contribution in [0.3, 0.4) is 0 Å². The topological polar surface area (TPSA) is 75.7 Å². The number of amides is 1. The van der Waals surface area contributed by atoms with Crippen molar-refractivity contribution in [2.45, 2.75) is 18.4 Å². The number of halogens is 1. The number of hydrogen-bond acceptors (Lipinski definition) is 4. The second-order valence-corrected chi connectivity index (χ2v) is 9.37. The zero-order chi connectivity index (χ0) is 22.4. The van der Waals surface area contributed by atoms with Crippen molar-refractivity contribution >= 4 is 33.2 Å². The van der Waals surface area contributed by atoms with Crippen LogP contribution in [0, 0.1) is 6.92 Å². The first-order chi connectivity index (χ1) is 14.8. The Morgan fingerprint density at radius 1 is 1.03 bits per heavy atom. The first kappa shape index (κ1) is 22.8. The third-order valence-electron chi connectivity index (χ3n) is 4.59. The number of nitrogens with one attached hydrogen (secondary N) is 1. The number of anilines is 1. The molecule has 162 valence electrons. The third-order valence-corrected chi connectivity index (χ3v) is 6.64. The van der Waals surface area contributed by atoms with Crippen LogP contribution in [0.15, 0.2) is 77.7 Å². The highest BCUT2D eigenvalue weighted by Crippen LogP contribution is 2.21. The lowest BCUT2D eigenvalue weighted by molar-refractivity contribution is -0.116. The number of nitrogens with zero attached hydrogens (tertiary/aromatic N) is 1. The molecule has 31 heavy (non-hydrogen) atoms. The zero-order valence-corrected chi connectivity index (χ0v) is 18.8. The van der Waals surface area contributed by atoms with Crippen LogP contribution in [-0.4, -0.2) is 32.3 Å². The molecule has 0 aromatic heterocycles. The van der Waals surface area contributed by atoms with E-state index in [4.69, 9.17) is 16.3 Å². The average molecular weight is 459 g/mol. The van der Waals surface area contributed by atoms with Crippen LogP contribution in [0.4, 0.5) is 5.69 Å². The summed E-state index contributed by atoms with van der Waals surface area (Å²) >= 11 is 5.90. The number of benzene rings is 3. The van der Waals surface area contributed by atoms with E-state index in [0.717, 1.165) is 15.4 Å². The molecule has 0 spiro atoms. The smallest absolute Gasteiger partial charge is 0.243 e. The highest BCUT2D eigenvalue weighted by atomic mass is 35.5. The van der Waals surface area contributed by atoms with Crippen LogP contribution in [0.5, 0.6) is 5.75 Å². The van der Waals surface area contributed by atoms with Gasteiger partial charge in [0.05, 0.1) is 18.6 Å². The molecule has 0 atom stereocenters. The van der Waals surface area contributed by atoms with E-state index >= 15 is 0 Å². The molecule has 8 heteroatoms. The van der Waals surface area contributed by atoms with Crippen LogP contribution in [0.1, 0.15) is 11.1 Å². The number of ether oxygens (including phenoxy) is 1. The van der Waals surface area contributed by atoms with Crippen LogP contribution < -0.4 is 10.1 Å². The SMILES string of the molecule is COc1ccc(NC(=O)CN(Cc2cccc(C)c2)S(=O)(=O)c2ccc(Cl)cc2)cc1. The number of carbonyl (C=O) groups is 1. The summed E-state index contributed by atoms with van der Waals surface area (Å²) in [6.45, 7) is 1.64. The second kappa shape index (κ2) is 9.96. The van der Waals surface area contributed by atoms with Crippen molar-refractivity contribution in [2.24, 2.45) is 0 Å². The number of rotatable bonds is 8. The van der Waals surface area contributed by atoms with Crippen LogP contribution >= 0.6 is 11.6 Å². The zero-order valence-electron chi connectivity index (χ0n) is 17.2. The van der Waals surface area contributed by atoms with E-state index in [2.05, 4.69) is 5.32 Å². The standard InChI is InChI=1S/C23H23ClN2O4S/c1-17-4-3-5-18(14-17)15-26(31(28,29)22-12-6-19(24)7-13-22)16-23(27)25-20-8-10-21(30-2)11-9-20/h3-14H,15-16H2,1-2H3,(H,25,27). The van der Waals surface area contributed by atoms with Gasteiger partial charge in [-0.1, -0.05) is 41.4 Å². The summed E-state index contributed by atoms with van der Waals surface area (Å²) in [5.41, 5.74) is 2.34. The lowest BCUT2D eigenvalue weighted by Crippen LogP contribution is -2.37. The molecule has 0 unspecified atom stereocenters. The molecule has 0 fully saturated rings. The summed E-state index contributed by atoms with van der Waals surface area (Å²) < 4.78 is 32.8. The second-order valence-electron chi connectivity index (χ2n) is 6.99. The fourth-order valence-corrected chi connectivity index (χ4v) is 4.54. The summed E-state index contributed by atoms with van der Waals surface area (Å²) in [6, 6.07) is 20.2. The van der Waals surface area contributed by atoms with Gasteiger partial charge in [-0.3, -0.25) is 4.79 Å². The van der Waals surface area contributed by atoms with Crippen molar-refractivity contribution in [3.05, 3.63) is 88.9 Å². The normalized spacial score (nSPS) is 11.4. The molecule has 3 aromatic rings. The molecule has 0 bridgehead atoms. The maximum Gasteiger partial charge on any atom is 0.243 e. The lowest BCUT2D eigenvalue weighted by atomic mass is 10.1. The van der Waals surface area contributed by atoms with Gasteiger partial charge in [0.2, 0.25) is 15.9 Å². The van der Waals surface area contributed by atoms with Crippen molar-refractivity contribution in [2.75, 3.05) is 19.0 Å². The lowest BCUT2D eigenvalue weighted by Gasteiger charge is -2.22. The van der Waals surface area contributed by atoms with Crippen molar-refractivity contribution in [3.63, 3.8) is 0 Å². The fourth-order valence-electron chi connectivity index (χ4n) is 3.03. The molecule has 0 saturated heterocycles. The minimum Gasteiger partial charge on any atom is -0.497 e. The van der Waals surface area contributed by atoms with Gasteiger partial charge in [-0.15, -0.1) is 0 Å². The van der Waals surface area contributed by atoms with Gasteiger partial charge >= 0.3 is 0 Å². The van der Waals surface area contributed by atoms with E-state index in [1.807, 2.05) is 31.2 Å². The van der Waals surface area contributed by atoms with Gasteiger partial charge in [0.15, 0.2) is 0 Å². The van der Waals surface area contributed by atoms with Gasteiger partial charge in [0.1, 0.15) is 5.75 Å². The van der Waals surface area contributed by atoms with Gasteiger partial charge in [0.25, 0.3) is 0 Å². The van der Waals surface area contributed by atoms with Crippen molar-refractivity contribution in [1.29, 1.82) is 0 Å². The molecular formula is C23H23ClN2O4S. The molecule has 3 rings (SSSR count). The molecule has 0 aliphatic heterocycles. The van der Waals surface area contributed by atoms with Crippen molar-refractivity contribution < 1.29 is 17.9 Å². The molecule has 0 aliphatic rings. The molecule has 6 nitrogen and oxygen atoms in total. The molecule has 1 amide bonds. The Morgan fingerprint density at radius 3 is 2.32 bits per heavy atom. The largest absolute Gasteiger partial charge is 0.497 e. The van der Waals surface area contributed by atoms with Crippen LogP contribution in [0.25, 0.3) is 0 Å². The van der Waals surface area contributed by atoms with Gasteiger partial charge in [-0.05, 0) is 61.0 Å². The Labute approximate surface area is 187 Å². The predicted octanol–water partition coefficient (Wildman–Crippen LogP) is 4.49. The van der Waals surface area contributed by atoms with Crippen molar-refractivity contribution in [1.82, 2.24) is 4.31 Å². The van der Waals surface area contributed by atoms with Gasteiger partial charge in [-0.25, -0.2) is 8.42 Å². The number of aryl methyl sites for hydroxylation is 1. The first-order valence-corrected chi connectivity index (χ1v) is 11.3. The van der Waals surface area contributed by atoms with Crippen LogP contribution in [-0.2, 0) is 21.4 Å². The Hall–Kier alpha value is -2.87. The number of hydrogen-bond donors (Lipinski definition) is 1. The summed E-state index contributed by atoms with van der Waals surface area (Å²) in [6.07, 6.45) is 0. The van der Waals surface area contributed by atoms with E-state index in [9.17, 15) is 13.2 Å². The monoisotopic (exact) mass is 458 g/mol. The Bertz CT molecular complexity index is 1150. The first-order valence-electron chi connectivity index (χ1n) is 9.53. The average Bonchev–Trinajstić information content (AvgIpc) is 2.74. The van der Waals surface area contributed by atoms with Crippen molar-refractivity contribution in [3.8, 4) is 5.75 Å². The minimum absolute atomic E-state index is 0.0582. The summed E-state index contributed by atoms with van der Waals surface area (Å²) in [5, 5.41) is 3.16. The number of methoxy groups -OCH3 is 1. The maximum absolute atomic E-state index is 13.3. The highest BCUT2D eigenvalue weighted by molar-refractivity contribution is 7.89. The Balaban J connectivity index is 1.85. The minimum atomic E-state index is -3.93. The van der Waals surface area contributed by atoms with E-state index in [1.54, 1.807) is 31.4 Å². The van der Waals surface area contributed by atoms with E-state index in [1.165, 1.54) is 24.3 Å². The van der Waals surface area contributed by atoms with E-state index in [0.29, 0.717) is 16.5 Å². The van der Waals surface area contributed by atoms with Gasteiger partial charge < -0.3 is 10.1 Å². The number of sulfonamides is 1. The van der Waals surface area contributed by atoms with Crippen LogP contribution in [0.2, 0.25) is 5.02 Å². The molecule has 1 N–H and O–H groups in total. The quantitative estimate of drug-likeness (QED) is 0.539. The molecule has 0 saturated carbocycles. The maximum atomic E-state index is 13.3. The summed E-state index contributed by atoms with van der Waals surface area (Å²) in [5.74, 6) is 0.208.